The van der Waals surface area contributed by atoms with Crippen molar-refractivity contribution >= 4 is 11.5 Å². The summed E-state index contributed by atoms with van der Waals surface area (Å²) in [6.45, 7) is 3.82. The van der Waals surface area contributed by atoms with Crippen LogP contribution in [0.5, 0.6) is 0 Å². The molecule has 0 bridgehead atoms. The number of nitrogens with zero attached hydrogens (tertiary/aromatic N) is 4. The van der Waals surface area contributed by atoms with E-state index in [1.807, 2.05) is 25.1 Å². The molecule has 3 heterocycles. The number of non-ortho nitro benzene ring substituents is 1. The van der Waals surface area contributed by atoms with Gasteiger partial charge in [-0.25, -0.2) is 9.97 Å². The standard InChI is InChI=1S/C19H18N4O4/c1-13-11-18(22-8-10-27-17(12-22)16-3-2-9-26-16)21-19(20-13)14-4-6-15(7-5-14)23(24)25/h2-7,9,11,17H,8,10,12H2,1H3. The maximum absolute atomic E-state index is 10.8. The lowest BCUT2D eigenvalue weighted by molar-refractivity contribution is -0.384. The molecule has 138 valence electrons. The van der Waals surface area contributed by atoms with Gasteiger partial charge in [-0.1, -0.05) is 0 Å². The molecular formula is C19H18N4O4. The van der Waals surface area contributed by atoms with Gasteiger partial charge in [-0.2, -0.15) is 0 Å². The summed E-state index contributed by atoms with van der Waals surface area (Å²) in [6.07, 6.45) is 1.49. The van der Waals surface area contributed by atoms with Crippen molar-refractivity contribution in [1.29, 1.82) is 0 Å². The van der Waals surface area contributed by atoms with Gasteiger partial charge in [0.2, 0.25) is 0 Å². The van der Waals surface area contributed by atoms with E-state index < -0.39 is 4.92 Å². The smallest absolute Gasteiger partial charge is 0.269 e. The molecule has 1 aliphatic rings. The van der Waals surface area contributed by atoms with E-state index in [4.69, 9.17) is 9.15 Å². The molecule has 0 spiro atoms. The van der Waals surface area contributed by atoms with Crippen molar-refractivity contribution in [1.82, 2.24) is 9.97 Å². The van der Waals surface area contributed by atoms with E-state index in [0.29, 0.717) is 25.5 Å². The Morgan fingerprint density at radius 2 is 2.04 bits per heavy atom. The van der Waals surface area contributed by atoms with Crippen LogP contribution in [0.4, 0.5) is 11.5 Å². The second-order valence-electron chi connectivity index (χ2n) is 6.32. The monoisotopic (exact) mass is 366 g/mol. The number of benzene rings is 1. The number of nitro benzene ring substituents is 1. The summed E-state index contributed by atoms with van der Waals surface area (Å²) in [5.41, 5.74) is 1.61. The zero-order valence-electron chi connectivity index (χ0n) is 14.7. The molecule has 0 radical (unpaired) electrons. The highest BCUT2D eigenvalue weighted by molar-refractivity contribution is 5.60. The number of anilines is 1. The highest BCUT2D eigenvalue weighted by atomic mass is 16.6. The lowest BCUT2D eigenvalue weighted by Gasteiger charge is -2.33. The zero-order chi connectivity index (χ0) is 18.8. The van der Waals surface area contributed by atoms with Crippen LogP contribution < -0.4 is 4.90 Å². The SMILES string of the molecule is Cc1cc(N2CCOC(c3ccco3)C2)nc(-c2ccc([N+](=O)[O-])cc2)n1. The highest BCUT2D eigenvalue weighted by Crippen LogP contribution is 2.27. The molecule has 1 aromatic carbocycles. The fourth-order valence-electron chi connectivity index (χ4n) is 3.08. The molecule has 27 heavy (non-hydrogen) atoms. The molecule has 0 N–H and O–H groups in total. The van der Waals surface area contributed by atoms with Crippen molar-refractivity contribution in [3.63, 3.8) is 0 Å². The summed E-state index contributed by atoms with van der Waals surface area (Å²) in [6, 6.07) is 11.9. The Labute approximate surface area is 155 Å². The number of hydrogen-bond donors (Lipinski definition) is 0. The van der Waals surface area contributed by atoms with E-state index in [9.17, 15) is 10.1 Å². The summed E-state index contributed by atoms with van der Waals surface area (Å²) in [7, 11) is 0. The molecule has 1 fully saturated rings. The van der Waals surface area contributed by atoms with Crippen molar-refractivity contribution in [2.24, 2.45) is 0 Å². The number of hydrogen-bond acceptors (Lipinski definition) is 7. The van der Waals surface area contributed by atoms with Crippen molar-refractivity contribution in [2.75, 3.05) is 24.6 Å². The molecule has 1 atom stereocenters. The maximum atomic E-state index is 10.8. The number of rotatable bonds is 4. The first-order valence-corrected chi connectivity index (χ1v) is 8.60. The van der Waals surface area contributed by atoms with Crippen molar-refractivity contribution in [3.8, 4) is 11.4 Å². The van der Waals surface area contributed by atoms with Crippen molar-refractivity contribution in [3.05, 3.63) is 70.3 Å². The van der Waals surface area contributed by atoms with Gasteiger partial charge in [0.15, 0.2) is 5.82 Å². The van der Waals surface area contributed by atoms with Gasteiger partial charge in [0.25, 0.3) is 5.69 Å². The molecule has 4 rings (SSSR count). The normalized spacial score (nSPS) is 17.1. The van der Waals surface area contributed by atoms with Gasteiger partial charge >= 0.3 is 0 Å². The highest BCUT2D eigenvalue weighted by Gasteiger charge is 2.25. The third kappa shape index (κ3) is 3.65. The van der Waals surface area contributed by atoms with Gasteiger partial charge < -0.3 is 14.1 Å². The van der Waals surface area contributed by atoms with E-state index in [2.05, 4.69) is 14.9 Å². The predicted molar refractivity (Wildman–Crippen MR) is 98.5 cm³/mol. The Bertz CT molecular complexity index is 941. The first-order valence-electron chi connectivity index (χ1n) is 8.60. The van der Waals surface area contributed by atoms with Gasteiger partial charge in [0.05, 0.1) is 24.3 Å². The minimum atomic E-state index is -0.422. The van der Waals surface area contributed by atoms with Crippen LogP contribution in [-0.4, -0.2) is 34.6 Å². The van der Waals surface area contributed by atoms with Crippen LogP contribution in [-0.2, 0) is 4.74 Å². The largest absolute Gasteiger partial charge is 0.467 e. The average Bonchev–Trinajstić information content (AvgIpc) is 3.22. The lowest BCUT2D eigenvalue weighted by atomic mass is 10.2. The fraction of sp³-hybridized carbons (Fsp3) is 0.263. The molecule has 1 saturated heterocycles. The number of aromatic nitrogens is 2. The summed E-state index contributed by atoms with van der Waals surface area (Å²) in [5, 5.41) is 10.8. The van der Waals surface area contributed by atoms with Crippen LogP contribution in [0, 0.1) is 17.0 Å². The molecule has 2 aromatic heterocycles. The molecule has 0 saturated carbocycles. The fourth-order valence-corrected chi connectivity index (χ4v) is 3.08. The van der Waals surface area contributed by atoms with Crippen LogP contribution in [0.2, 0.25) is 0 Å². The minimum absolute atomic E-state index is 0.0427. The van der Waals surface area contributed by atoms with Crippen LogP contribution in [0.1, 0.15) is 17.6 Å². The topological polar surface area (TPSA) is 94.5 Å². The van der Waals surface area contributed by atoms with E-state index in [0.717, 1.165) is 22.8 Å². The number of morpholine rings is 1. The Morgan fingerprint density at radius 1 is 1.22 bits per heavy atom. The minimum Gasteiger partial charge on any atom is -0.467 e. The number of aryl methyl sites for hydroxylation is 1. The van der Waals surface area contributed by atoms with Gasteiger partial charge in [-0.3, -0.25) is 10.1 Å². The van der Waals surface area contributed by atoms with Crippen LogP contribution in [0.3, 0.4) is 0 Å². The Kier molecular flexibility index (Phi) is 4.55. The van der Waals surface area contributed by atoms with Crippen LogP contribution in [0.15, 0.2) is 53.1 Å². The third-order valence-electron chi connectivity index (χ3n) is 4.43. The summed E-state index contributed by atoms with van der Waals surface area (Å²) in [5.74, 6) is 2.14. The second kappa shape index (κ2) is 7.16. The van der Waals surface area contributed by atoms with Crippen molar-refractivity contribution in [2.45, 2.75) is 13.0 Å². The number of nitro groups is 1. The molecule has 0 amide bonds. The summed E-state index contributed by atoms with van der Waals surface area (Å²) in [4.78, 5) is 21.7. The first kappa shape index (κ1) is 17.2. The first-order chi connectivity index (χ1) is 13.1. The molecule has 8 heteroatoms. The van der Waals surface area contributed by atoms with Gasteiger partial charge in [0, 0.05) is 36.0 Å². The summed E-state index contributed by atoms with van der Waals surface area (Å²) < 4.78 is 11.3. The zero-order valence-corrected chi connectivity index (χ0v) is 14.7. The van der Waals surface area contributed by atoms with Gasteiger partial charge in [-0.15, -0.1) is 0 Å². The molecule has 1 aliphatic heterocycles. The van der Waals surface area contributed by atoms with Crippen LogP contribution >= 0.6 is 0 Å². The molecule has 8 nitrogen and oxygen atoms in total. The van der Waals surface area contributed by atoms with Crippen molar-refractivity contribution < 1.29 is 14.1 Å². The maximum Gasteiger partial charge on any atom is 0.269 e. The Balaban J connectivity index is 1.61. The second-order valence-corrected chi connectivity index (χ2v) is 6.32. The van der Waals surface area contributed by atoms with E-state index in [1.165, 1.54) is 12.1 Å². The van der Waals surface area contributed by atoms with Gasteiger partial charge in [0.1, 0.15) is 17.7 Å². The molecule has 3 aromatic rings. The predicted octanol–water partition coefficient (Wildman–Crippen LogP) is 3.53. The molecular weight excluding hydrogens is 348 g/mol. The van der Waals surface area contributed by atoms with E-state index in [-0.39, 0.29) is 11.8 Å². The van der Waals surface area contributed by atoms with E-state index in [1.54, 1.807) is 18.4 Å². The molecule has 0 aliphatic carbocycles. The third-order valence-corrected chi connectivity index (χ3v) is 4.43. The average molecular weight is 366 g/mol. The Hall–Kier alpha value is -3.26. The number of furan rings is 1. The summed E-state index contributed by atoms with van der Waals surface area (Å²) >= 11 is 0. The van der Waals surface area contributed by atoms with E-state index >= 15 is 0 Å². The number of ether oxygens (including phenoxy) is 1. The van der Waals surface area contributed by atoms with Gasteiger partial charge in [-0.05, 0) is 31.2 Å². The Morgan fingerprint density at radius 3 is 2.74 bits per heavy atom. The van der Waals surface area contributed by atoms with Crippen LogP contribution in [0.25, 0.3) is 11.4 Å². The lowest BCUT2D eigenvalue weighted by Crippen LogP contribution is -2.38. The quantitative estimate of drug-likeness (QED) is 0.515. The molecule has 1 unspecified atom stereocenters.